The Hall–Kier alpha value is -2.98. The van der Waals surface area contributed by atoms with Crippen LogP contribution in [0.15, 0.2) is 42.5 Å². The predicted octanol–water partition coefficient (Wildman–Crippen LogP) is 3.74. The van der Waals surface area contributed by atoms with Gasteiger partial charge in [0.2, 0.25) is 21.8 Å². The monoisotopic (exact) mass is 563 g/mol. The van der Waals surface area contributed by atoms with Crippen molar-refractivity contribution >= 4 is 39.1 Å². The zero-order valence-electron chi connectivity index (χ0n) is 21.7. The van der Waals surface area contributed by atoms with E-state index in [1.54, 1.807) is 43.3 Å². The van der Waals surface area contributed by atoms with Gasteiger partial charge in [0, 0.05) is 23.7 Å². The summed E-state index contributed by atoms with van der Waals surface area (Å²) in [7, 11) is -3.84. The first kappa shape index (κ1) is 28.0. The Morgan fingerprint density at radius 1 is 1.08 bits per heavy atom. The summed E-state index contributed by atoms with van der Waals surface area (Å²) in [6.45, 7) is 3.55. The van der Waals surface area contributed by atoms with Crippen LogP contribution >= 0.6 is 11.6 Å². The SMILES string of the molecule is CCS(=O)(=O)N(CC(=O)N(Cc1cccc(Cl)c1)C(C)C(=O)NC1CCCC1)c1ccc2c(c1)OCCO2. The number of halogens is 1. The Labute approximate surface area is 229 Å². The fraction of sp³-hybridized carbons (Fsp3) is 0.481. The summed E-state index contributed by atoms with van der Waals surface area (Å²) in [5, 5.41) is 3.55. The van der Waals surface area contributed by atoms with E-state index >= 15 is 0 Å². The van der Waals surface area contributed by atoms with Crippen molar-refractivity contribution in [2.45, 2.75) is 58.2 Å². The lowest BCUT2D eigenvalue weighted by atomic mass is 10.1. The molecule has 1 fully saturated rings. The van der Waals surface area contributed by atoms with E-state index in [0.29, 0.717) is 29.7 Å². The highest BCUT2D eigenvalue weighted by molar-refractivity contribution is 7.92. The number of ether oxygens (including phenoxy) is 2. The second kappa shape index (κ2) is 12.3. The zero-order chi connectivity index (χ0) is 27.3. The molecule has 0 radical (unpaired) electrons. The molecule has 2 aromatic carbocycles. The second-order valence-electron chi connectivity index (χ2n) is 9.55. The van der Waals surface area contributed by atoms with Crippen LogP contribution in [0.2, 0.25) is 5.02 Å². The van der Waals surface area contributed by atoms with E-state index in [2.05, 4.69) is 5.32 Å². The first-order valence-corrected chi connectivity index (χ1v) is 14.9. The van der Waals surface area contributed by atoms with Gasteiger partial charge in [0.05, 0.1) is 11.4 Å². The van der Waals surface area contributed by atoms with Gasteiger partial charge in [-0.2, -0.15) is 0 Å². The van der Waals surface area contributed by atoms with Crippen molar-refractivity contribution < 1.29 is 27.5 Å². The van der Waals surface area contributed by atoms with Gasteiger partial charge in [-0.1, -0.05) is 36.6 Å². The lowest BCUT2D eigenvalue weighted by Crippen LogP contribution is -2.52. The van der Waals surface area contributed by atoms with E-state index in [4.69, 9.17) is 21.1 Å². The second-order valence-corrected chi connectivity index (χ2v) is 12.2. The predicted molar refractivity (Wildman–Crippen MR) is 146 cm³/mol. The summed E-state index contributed by atoms with van der Waals surface area (Å²) in [5.41, 5.74) is 1.02. The minimum absolute atomic E-state index is 0.0859. The van der Waals surface area contributed by atoms with Gasteiger partial charge in [0.15, 0.2) is 11.5 Å². The quantitative estimate of drug-likeness (QED) is 0.472. The van der Waals surface area contributed by atoms with Crippen LogP contribution in [0, 0.1) is 0 Å². The van der Waals surface area contributed by atoms with Crippen molar-refractivity contribution in [2.75, 3.05) is 29.8 Å². The molecule has 9 nitrogen and oxygen atoms in total. The summed E-state index contributed by atoms with van der Waals surface area (Å²) >= 11 is 6.17. The molecule has 1 unspecified atom stereocenters. The minimum atomic E-state index is -3.84. The van der Waals surface area contributed by atoms with Crippen molar-refractivity contribution in [1.82, 2.24) is 10.2 Å². The van der Waals surface area contributed by atoms with Crippen molar-refractivity contribution in [3.05, 3.63) is 53.1 Å². The smallest absolute Gasteiger partial charge is 0.244 e. The summed E-state index contributed by atoms with van der Waals surface area (Å²) in [4.78, 5) is 28.4. The van der Waals surface area contributed by atoms with Crippen molar-refractivity contribution in [2.24, 2.45) is 0 Å². The Kier molecular flexibility index (Phi) is 9.04. The van der Waals surface area contributed by atoms with Crippen molar-refractivity contribution in [3.8, 4) is 11.5 Å². The van der Waals surface area contributed by atoms with Gasteiger partial charge >= 0.3 is 0 Å². The van der Waals surface area contributed by atoms with Crippen molar-refractivity contribution in [1.29, 1.82) is 0 Å². The molecule has 0 bridgehead atoms. The zero-order valence-corrected chi connectivity index (χ0v) is 23.3. The lowest BCUT2D eigenvalue weighted by Gasteiger charge is -2.32. The number of anilines is 1. The molecule has 1 saturated carbocycles. The lowest BCUT2D eigenvalue weighted by molar-refractivity contribution is -0.139. The third-order valence-electron chi connectivity index (χ3n) is 6.90. The number of nitrogens with one attached hydrogen (secondary N) is 1. The maximum absolute atomic E-state index is 13.8. The summed E-state index contributed by atoms with van der Waals surface area (Å²) in [6, 6.07) is 11.1. The number of amides is 2. The minimum Gasteiger partial charge on any atom is -0.486 e. The van der Waals surface area contributed by atoms with Crippen LogP contribution in [0.4, 0.5) is 5.69 Å². The van der Waals surface area contributed by atoms with E-state index in [9.17, 15) is 18.0 Å². The van der Waals surface area contributed by atoms with Crippen molar-refractivity contribution in [3.63, 3.8) is 0 Å². The molecular formula is C27H34ClN3O6S. The average Bonchev–Trinajstić information content (AvgIpc) is 3.42. The molecule has 38 heavy (non-hydrogen) atoms. The first-order chi connectivity index (χ1) is 18.2. The molecule has 1 atom stereocenters. The molecule has 1 aliphatic carbocycles. The van der Waals surface area contributed by atoms with Crippen LogP contribution in [-0.4, -0.2) is 62.7 Å². The Balaban J connectivity index is 1.62. The molecule has 1 N–H and O–H groups in total. The highest BCUT2D eigenvalue weighted by Gasteiger charge is 2.32. The van der Waals surface area contributed by atoms with Gasteiger partial charge in [0.1, 0.15) is 25.8 Å². The number of sulfonamides is 1. The van der Waals surface area contributed by atoms with Gasteiger partial charge in [-0.25, -0.2) is 8.42 Å². The van der Waals surface area contributed by atoms with E-state index < -0.39 is 28.5 Å². The Bertz CT molecular complexity index is 1270. The summed E-state index contributed by atoms with van der Waals surface area (Å²) < 4.78 is 38.6. The molecule has 2 aliphatic rings. The number of rotatable bonds is 10. The Morgan fingerprint density at radius 2 is 1.79 bits per heavy atom. The van der Waals surface area contributed by atoms with Gasteiger partial charge in [0.25, 0.3) is 0 Å². The van der Waals surface area contributed by atoms with E-state index in [-0.39, 0.29) is 29.9 Å². The van der Waals surface area contributed by atoms with Crippen LogP contribution < -0.4 is 19.1 Å². The fourth-order valence-corrected chi connectivity index (χ4v) is 5.98. The molecule has 4 rings (SSSR count). The van der Waals surface area contributed by atoms with E-state index in [1.807, 2.05) is 6.07 Å². The third kappa shape index (κ3) is 6.71. The topological polar surface area (TPSA) is 105 Å². The van der Waals surface area contributed by atoms with Gasteiger partial charge in [-0.15, -0.1) is 0 Å². The molecule has 0 spiro atoms. The number of nitrogens with zero attached hydrogens (tertiary/aromatic N) is 2. The highest BCUT2D eigenvalue weighted by Crippen LogP contribution is 2.35. The normalized spacial score (nSPS) is 16.1. The highest BCUT2D eigenvalue weighted by atomic mass is 35.5. The van der Waals surface area contributed by atoms with Gasteiger partial charge in [-0.05, 0) is 56.5 Å². The molecule has 1 heterocycles. The molecule has 2 aromatic rings. The number of fused-ring (bicyclic) bond motifs is 1. The number of hydrogen-bond acceptors (Lipinski definition) is 6. The van der Waals surface area contributed by atoms with Crippen LogP contribution in [-0.2, 0) is 26.2 Å². The van der Waals surface area contributed by atoms with Crippen LogP contribution in [0.1, 0.15) is 45.1 Å². The molecular weight excluding hydrogens is 530 g/mol. The van der Waals surface area contributed by atoms with Gasteiger partial charge < -0.3 is 19.7 Å². The Morgan fingerprint density at radius 3 is 2.47 bits per heavy atom. The maximum Gasteiger partial charge on any atom is 0.244 e. The van der Waals surface area contributed by atoms with Gasteiger partial charge in [-0.3, -0.25) is 13.9 Å². The molecule has 2 amide bonds. The number of hydrogen-bond donors (Lipinski definition) is 1. The van der Waals surface area contributed by atoms with E-state index in [0.717, 1.165) is 35.6 Å². The summed E-state index contributed by atoms with van der Waals surface area (Å²) in [5.74, 6) is -0.0548. The molecule has 0 saturated heterocycles. The standard InChI is InChI=1S/C27H34ClN3O6S/c1-3-38(34,35)31(23-11-12-24-25(16-23)37-14-13-36-24)18-26(32)30(17-20-7-6-8-21(28)15-20)19(2)27(33)29-22-9-4-5-10-22/h6-8,11-12,15-16,19,22H,3-5,9-10,13-14,17-18H2,1-2H3,(H,29,33). The number of benzene rings is 2. The maximum atomic E-state index is 13.8. The molecule has 206 valence electrons. The largest absolute Gasteiger partial charge is 0.486 e. The molecule has 0 aromatic heterocycles. The molecule has 11 heteroatoms. The van der Waals surface area contributed by atoms with E-state index in [1.165, 1.54) is 11.8 Å². The first-order valence-electron chi connectivity index (χ1n) is 12.9. The average molecular weight is 564 g/mol. The van der Waals surface area contributed by atoms with Crippen LogP contribution in [0.5, 0.6) is 11.5 Å². The summed E-state index contributed by atoms with van der Waals surface area (Å²) in [6.07, 6.45) is 3.94. The number of carbonyl (C=O) groups is 2. The van der Waals surface area contributed by atoms with Crippen LogP contribution in [0.25, 0.3) is 0 Å². The molecule has 1 aliphatic heterocycles. The van der Waals surface area contributed by atoms with Crippen LogP contribution in [0.3, 0.4) is 0 Å². The third-order valence-corrected chi connectivity index (χ3v) is 8.88. The number of carbonyl (C=O) groups excluding carboxylic acids is 2. The fourth-order valence-electron chi connectivity index (χ4n) is 4.71.